The molecule has 0 unspecified atom stereocenters. The number of hydrogen-bond acceptors (Lipinski definition) is 1. The molecule has 0 atom stereocenters. The molecule has 1 amide bonds. The summed E-state index contributed by atoms with van der Waals surface area (Å²) in [5.74, 6) is -0.693. The molecule has 2 aromatic carbocycles. The van der Waals surface area contributed by atoms with Crippen molar-refractivity contribution in [2.75, 3.05) is 11.9 Å². The summed E-state index contributed by atoms with van der Waals surface area (Å²) in [6.45, 7) is -0.286. The second kappa shape index (κ2) is 6.63. The summed E-state index contributed by atoms with van der Waals surface area (Å²) in [7, 11) is 0. The predicted molar refractivity (Wildman–Crippen MR) is 75.4 cm³/mol. The van der Waals surface area contributed by atoms with Crippen LogP contribution in [-0.4, -0.2) is 12.5 Å². The maximum Gasteiger partial charge on any atom is 0.255 e. The maximum absolute atomic E-state index is 12.8. The minimum Gasteiger partial charge on any atom is -0.322 e. The first-order chi connectivity index (χ1) is 9.69. The summed E-state index contributed by atoms with van der Waals surface area (Å²) in [5, 5.41) is 13.1. The number of anilines is 1. The zero-order valence-corrected chi connectivity index (χ0v) is 10.7. The Balaban J connectivity index is 2.11. The molecule has 1 N–H and O–H groups in total. The van der Waals surface area contributed by atoms with Crippen LogP contribution in [0.4, 0.5) is 10.1 Å². The van der Waals surface area contributed by atoms with Crippen LogP contribution in [0, 0.1) is 5.82 Å². The fourth-order valence-electron chi connectivity index (χ4n) is 1.71. The van der Waals surface area contributed by atoms with E-state index >= 15 is 0 Å². The first kappa shape index (κ1) is 14.0. The van der Waals surface area contributed by atoms with Gasteiger partial charge in [-0.05, 0) is 42.0 Å². The van der Waals surface area contributed by atoms with Gasteiger partial charge in [-0.25, -0.2) is 9.50 Å². The van der Waals surface area contributed by atoms with Crippen molar-refractivity contribution >= 4 is 17.7 Å². The second-order valence-corrected chi connectivity index (χ2v) is 4.16. The molecule has 1 radical (unpaired) electrons. The van der Waals surface area contributed by atoms with E-state index in [-0.39, 0.29) is 18.3 Å². The lowest BCUT2D eigenvalue weighted by atomic mass is 10.1. The standard InChI is InChI=1S/C16H13FNO2/c17-14-8-6-13(7-9-14)16(20)18-15-5-1-3-12(11-15)4-2-10-19/h1-9,11H,10H2,(H,18,20)/b4-2+. The average Bonchev–Trinajstić information content (AvgIpc) is 2.46. The fraction of sp³-hybridized carbons (Fsp3) is 0.0625. The molecule has 0 saturated heterocycles. The van der Waals surface area contributed by atoms with Crippen molar-refractivity contribution in [3.05, 3.63) is 71.6 Å². The highest BCUT2D eigenvalue weighted by molar-refractivity contribution is 6.04. The molecule has 20 heavy (non-hydrogen) atoms. The molecule has 101 valence electrons. The zero-order valence-electron chi connectivity index (χ0n) is 10.7. The number of carbonyl (C=O) groups excluding carboxylic acids is 1. The molecule has 0 aromatic heterocycles. The first-order valence-corrected chi connectivity index (χ1v) is 6.10. The van der Waals surface area contributed by atoms with Crippen LogP contribution in [0.5, 0.6) is 0 Å². The van der Waals surface area contributed by atoms with E-state index < -0.39 is 0 Å². The average molecular weight is 270 g/mol. The summed E-state index contributed by atoms with van der Waals surface area (Å²) in [6, 6.07) is 12.4. The van der Waals surface area contributed by atoms with Crippen molar-refractivity contribution in [3.63, 3.8) is 0 Å². The quantitative estimate of drug-likeness (QED) is 0.907. The summed E-state index contributed by atoms with van der Waals surface area (Å²) in [6.07, 6.45) is 3.20. The van der Waals surface area contributed by atoms with Crippen LogP contribution in [-0.2, 0) is 5.11 Å². The van der Waals surface area contributed by atoms with Gasteiger partial charge in [-0.15, -0.1) is 0 Å². The van der Waals surface area contributed by atoms with Gasteiger partial charge in [0.15, 0.2) is 0 Å². The Kier molecular flexibility index (Phi) is 4.63. The SMILES string of the molecule is [O]C/C=C/c1cccc(NC(=O)c2ccc(F)cc2)c1. The van der Waals surface area contributed by atoms with E-state index in [4.69, 9.17) is 0 Å². The van der Waals surface area contributed by atoms with Crippen LogP contribution in [0.25, 0.3) is 6.08 Å². The summed E-state index contributed by atoms with van der Waals surface area (Å²) in [5.41, 5.74) is 1.83. The van der Waals surface area contributed by atoms with Crippen LogP contribution in [0.1, 0.15) is 15.9 Å². The van der Waals surface area contributed by atoms with Crippen LogP contribution >= 0.6 is 0 Å². The van der Waals surface area contributed by atoms with E-state index in [1.807, 2.05) is 6.07 Å². The molecular weight excluding hydrogens is 257 g/mol. The highest BCUT2D eigenvalue weighted by Gasteiger charge is 2.06. The zero-order chi connectivity index (χ0) is 14.4. The predicted octanol–water partition coefficient (Wildman–Crippen LogP) is 3.52. The van der Waals surface area contributed by atoms with E-state index in [1.165, 1.54) is 30.3 Å². The Labute approximate surface area is 116 Å². The molecule has 0 aliphatic rings. The Morgan fingerprint density at radius 2 is 1.90 bits per heavy atom. The van der Waals surface area contributed by atoms with E-state index in [0.717, 1.165) is 5.56 Å². The molecule has 0 aliphatic heterocycles. The highest BCUT2D eigenvalue weighted by atomic mass is 19.1. The van der Waals surface area contributed by atoms with E-state index in [1.54, 1.807) is 24.3 Å². The largest absolute Gasteiger partial charge is 0.322 e. The van der Waals surface area contributed by atoms with Gasteiger partial charge in [0, 0.05) is 11.3 Å². The van der Waals surface area contributed by atoms with Gasteiger partial charge in [-0.1, -0.05) is 24.3 Å². The topological polar surface area (TPSA) is 49.0 Å². The minimum atomic E-state index is -0.383. The second-order valence-electron chi connectivity index (χ2n) is 4.16. The number of rotatable bonds is 4. The van der Waals surface area contributed by atoms with E-state index in [0.29, 0.717) is 11.3 Å². The number of benzene rings is 2. The van der Waals surface area contributed by atoms with Gasteiger partial charge in [0.2, 0.25) is 0 Å². The maximum atomic E-state index is 12.8. The number of carbonyl (C=O) groups is 1. The molecular formula is C16H13FNO2. The molecule has 4 heteroatoms. The van der Waals surface area contributed by atoms with Gasteiger partial charge < -0.3 is 5.32 Å². The van der Waals surface area contributed by atoms with Gasteiger partial charge in [-0.3, -0.25) is 4.79 Å². The number of nitrogens with one attached hydrogen (secondary N) is 1. The molecule has 0 bridgehead atoms. The van der Waals surface area contributed by atoms with Gasteiger partial charge in [-0.2, -0.15) is 0 Å². The lowest BCUT2D eigenvalue weighted by molar-refractivity contribution is 0.102. The van der Waals surface area contributed by atoms with Crippen LogP contribution in [0.3, 0.4) is 0 Å². The van der Waals surface area contributed by atoms with Gasteiger partial charge in [0.1, 0.15) is 12.4 Å². The Hall–Kier alpha value is -2.46. The summed E-state index contributed by atoms with van der Waals surface area (Å²) in [4.78, 5) is 11.9. The van der Waals surface area contributed by atoms with Crippen LogP contribution in [0.2, 0.25) is 0 Å². The molecule has 0 aliphatic carbocycles. The van der Waals surface area contributed by atoms with Gasteiger partial charge in [0.25, 0.3) is 5.91 Å². The fourth-order valence-corrected chi connectivity index (χ4v) is 1.71. The number of hydrogen-bond donors (Lipinski definition) is 1. The molecule has 2 rings (SSSR count). The Bertz CT molecular complexity index is 621. The van der Waals surface area contributed by atoms with E-state index in [2.05, 4.69) is 5.32 Å². The van der Waals surface area contributed by atoms with Gasteiger partial charge >= 0.3 is 0 Å². The van der Waals surface area contributed by atoms with Crippen molar-refractivity contribution in [2.45, 2.75) is 0 Å². The van der Waals surface area contributed by atoms with Crippen LogP contribution < -0.4 is 5.32 Å². The first-order valence-electron chi connectivity index (χ1n) is 6.10. The third-order valence-corrected chi connectivity index (χ3v) is 2.66. The van der Waals surface area contributed by atoms with Crippen molar-refractivity contribution < 1.29 is 14.3 Å². The number of halogens is 1. The van der Waals surface area contributed by atoms with Crippen molar-refractivity contribution in [1.82, 2.24) is 0 Å². The van der Waals surface area contributed by atoms with Crippen molar-refractivity contribution in [1.29, 1.82) is 0 Å². The molecule has 0 saturated carbocycles. The lowest BCUT2D eigenvalue weighted by Crippen LogP contribution is -2.11. The monoisotopic (exact) mass is 270 g/mol. The smallest absolute Gasteiger partial charge is 0.255 e. The molecule has 0 fully saturated rings. The molecule has 3 nitrogen and oxygen atoms in total. The minimum absolute atomic E-state index is 0.286. The van der Waals surface area contributed by atoms with E-state index in [9.17, 15) is 14.3 Å². The lowest BCUT2D eigenvalue weighted by Gasteiger charge is -2.06. The molecule has 2 aromatic rings. The third-order valence-electron chi connectivity index (χ3n) is 2.66. The summed E-state index contributed by atoms with van der Waals surface area (Å²) < 4.78 is 12.8. The van der Waals surface area contributed by atoms with Gasteiger partial charge in [0.05, 0.1) is 0 Å². The highest BCUT2D eigenvalue weighted by Crippen LogP contribution is 2.13. The Morgan fingerprint density at radius 1 is 1.15 bits per heavy atom. The Morgan fingerprint density at radius 3 is 2.60 bits per heavy atom. The van der Waals surface area contributed by atoms with Crippen LogP contribution in [0.15, 0.2) is 54.6 Å². The molecule has 0 heterocycles. The summed E-state index contributed by atoms with van der Waals surface area (Å²) >= 11 is 0. The number of amides is 1. The molecule has 0 spiro atoms. The van der Waals surface area contributed by atoms with Crippen molar-refractivity contribution in [2.24, 2.45) is 0 Å². The van der Waals surface area contributed by atoms with Crippen molar-refractivity contribution in [3.8, 4) is 0 Å². The normalized spacial score (nSPS) is 10.7. The third kappa shape index (κ3) is 3.76.